The SMILES string of the molecule is COc1ccccc1NC(=O)c1cc(C)cc(N)c1. The first-order valence-corrected chi connectivity index (χ1v) is 5.91. The summed E-state index contributed by atoms with van der Waals surface area (Å²) in [6, 6.07) is 12.5. The van der Waals surface area contributed by atoms with Crippen LogP contribution in [0.5, 0.6) is 5.75 Å². The van der Waals surface area contributed by atoms with Gasteiger partial charge in [-0.25, -0.2) is 0 Å². The molecule has 4 heteroatoms. The number of hydrogen-bond acceptors (Lipinski definition) is 3. The number of amides is 1. The van der Waals surface area contributed by atoms with E-state index in [1.807, 2.05) is 25.1 Å². The molecule has 2 rings (SSSR count). The third-order valence-electron chi connectivity index (χ3n) is 2.72. The second-order valence-electron chi connectivity index (χ2n) is 4.29. The zero-order chi connectivity index (χ0) is 13.8. The molecule has 1 amide bonds. The van der Waals surface area contributed by atoms with Gasteiger partial charge in [0.05, 0.1) is 12.8 Å². The lowest BCUT2D eigenvalue weighted by molar-refractivity contribution is 0.102. The van der Waals surface area contributed by atoms with Crippen molar-refractivity contribution in [1.29, 1.82) is 0 Å². The summed E-state index contributed by atoms with van der Waals surface area (Å²) in [5.74, 6) is 0.413. The van der Waals surface area contributed by atoms with Crippen molar-refractivity contribution < 1.29 is 9.53 Å². The lowest BCUT2D eigenvalue weighted by Crippen LogP contribution is -2.13. The van der Waals surface area contributed by atoms with E-state index in [0.717, 1.165) is 5.56 Å². The van der Waals surface area contributed by atoms with Crippen LogP contribution in [0.3, 0.4) is 0 Å². The number of hydrogen-bond donors (Lipinski definition) is 2. The molecular formula is C15H16N2O2. The minimum atomic E-state index is -0.208. The number of nitrogens with one attached hydrogen (secondary N) is 1. The fourth-order valence-corrected chi connectivity index (χ4v) is 1.89. The molecule has 19 heavy (non-hydrogen) atoms. The number of aryl methyl sites for hydroxylation is 1. The predicted octanol–water partition coefficient (Wildman–Crippen LogP) is 2.84. The van der Waals surface area contributed by atoms with Crippen LogP contribution in [-0.2, 0) is 0 Å². The number of nitrogen functional groups attached to an aromatic ring is 1. The molecule has 0 aliphatic carbocycles. The van der Waals surface area contributed by atoms with Crippen LogP contribution in [0.2, 0.25) is 0 Å². The highest BCUT2D eigenvalue weighted by Gasteiger charge is 2.10. The Morgan fingerprint density at radius 2 is 1.95 bits per heavy atom. The summed E-state index contributed by atoms with van der Waals surface area (Å²) in [4.78, 5) is 12.2. The number of para-hydroxylation sites is 2. The van der Waals surface area contributed by atoms with Gasteiger partial charge in [-0.05, 0) is 42.8 Å². The van der Waals surface area contributed by atoms with E-state index in [2.05, 4.69) is 5.32 Å². The lowest BCUT2D eigenvalue weighted by atomic mass is 10.1. The number of benzene rings is 2. The topological polar surface area (TPSA) is 64.3 Å². The fraction of sp³-hybridized carbons (Fsp3) is 0.133. The largest absolute Gasteiger partial charge is 0.495 e. The van der Waals surface area contributed by atoms with Crippen LogP contribution in [0.15, 0.2) is 42.5 Å². The van der Waals surface area contributed by atoms with Gasteiger partial charge in [0.25, 0.3) is 5.91 Å². The Balaban J connectivity index is 2.25. The van der Waals surface area contributed by atoms with Crippen molar-refractivity contribution in [2.45, 2.75) is 6.92 Å². The molecule has 2 aromatic rings. The van der Waals surface area contributed by atoms with Crippen LogP contribution < -0.4 is 15.8 Å². The molecule has 0 atom stereocenters. The monoisotopic (exact) mass is 256 g/mol. The second kappa shape index (κ2) is 5.44. The van der Waals surface area contributed by atoms with E-state index < -0.39 is 0 Å². The summed E-state index contributed by atoms with van der Waals surface area (Å²) in [5.41, 5.74) is 8.43. The van der Waals surface area contributed by atoms with Crippen molar-refractivity contribution in [1.82, 2.24) is 0 Å². The molecule has 4 nitrogen and oxygen atoms in total. The van der Waals surface area contributed by atoms with Gasteiger partial charge in [0.15, 0.2) is 0 Å². The Labute approximate surface area is 112 Å². The molecule has 0 aromatic heterocycles. The normalized spacial score (nSPS) is 10.0. The first-order chi connectivity index (χ1) is 9.10. The van der Waals surface area contributed by atoms with E-state index >= 15 is 0 Å². The van der Waals surface area contributed by atoms with E-state index in [1.165, 1.54) is 0 Å². The smallest absolute Gasteiger partial charge is 0.255 e. The Kier molecular flexibility index (Phi) is 3.71. The first-order valence-electron chi connectivity index (χ1n) is 5.91. The van der Waals surface area contributed by atoms with Crippen LogP contribution >= 0.6 is 0 Å². The van der Waals surface area contributed by atoms with Gasteiger partial charge in [0.1, 0.15) is 5.75 Å². The van der Waals surface area contributed by atoms with Crippen LogP contribution in [0.1, 0.15) is 15.9 Å². The molecule has 0 spiro atoms. The molecule has 0 radical (unpaired) electrons. The van der Waals surface area contributed by atoms with Gasteiger partial charge in [-0.3, -0.25) is 4.79 Å². The van der Waals surface area contributed by atoms with Crippen LogP contribution in [0, 0.1) is 6.92 Å². The molecule has 0 saturated carbocycles. The fourth-order valence-electron chi connectivity index (χ4n) is 1.89. The van der Waals surface area contributed by atoms with Crippen molar-refractivity contribution in [2.75, 3.05) is 18.2 Å². The third kappa shape index (κ3) is 3.04. The molecule has 0 saturated heterocycles. The number of rotatable bonds is 3. The molecule has 0 aliphatic heterocycles. The molecular weight excluding hydrogens is 240 g/mol. The summed E-state index contributed by atoms with van der Waals surface area (Å²) >= 11 is 0. The van der Waals surface area contributed by atoms with Gasteiger partial charge < -0.3 is 15.8 Å². The van der Waals surface area contributed by atoms with Crippen molar-refractivity contribution in [2.24, 2.45) is 0 Å². The van der Waals surface area contributed by atoms with E-state index in [1.54, 1.807) is 31.4 Å². The molecule has 0 fully saturated rings. The minimum absolute atomic E-state index is 0.208. The number of carbonyl (C=O) groups is 1. The standard InChI is InChI=1S/C15H16N2O2/c1-10-7-11(9-12(16)8-10)15(18)17-13-5-3-4-6-14(13)19-2/h3-9H,16H2,1-2H3,(H,17,18). The molecule has 2 aromatic carbocycles. The maximum Gasteiger partial charge on any atom is 0.255 e. The third-order valence-corrected chi connectivity index (χ3v) is 2.72. The highest BCUT2D eigenvalue weighted by atomic mass is 16.5. The molecule has 0 bridgehead atoms. The highest BCUT2D eigenvalue weighted by Crippen LogP contribution is 2.24. The highest BCUT2D eigenvalue weighted by molar-refractivity contribution is 6.05. The Morgan fingerprint density at radius 3 is 2.63 bits per heavy atom. The predicted molar refractivity (Wildman–Crippen MR) is 76.5 cm³/mol. The average molecular weight is 256 g/mol. The van der Waals surface area contributed by atoms with Crippen molar-refractivity contribution in [3.8, 4) is 5.75 Å². The van der Waals surface area contributed by atoms with Gasteiger partial charge in [-0.1, -0.05) is 12.1 Å². The van der Waals surface area contributed by atoms with Crippen molar-refractivity contribution in [3.63, 3.8) is 0 Å². The number of nitrogens with two attached hydrogens (primary N) is 1. The van der Waals surface area contributed by atoms with Gasteiger partial charge in [0, 0.05) is 11.3 Å². The second-order valence-corrected chi connectivity index (χ2v) is 4.29. The van der Waals surface area contributed by atoms with Gasteiger partial charge in [-0.15, -0.1) is 0 Å². The van der Waals surface area contributed by atoms with E-state index in [-0.39, 0.29) is 5.91 Å². The molecule has 3 N–H and O–H groups in total. The first kappa shape index (κ1) is 13.0. The Morgan fingerprint density at radius 1 is 1.21 bits per heavy atom. The summed E-state index contributed by atoms with van der Waals surface area (Å²) < 4.78 is 5.19. The molecule has 0 heterocycles. The number of methoxy groups -OCH3 is 1. The van der Waals surface area contributed by atoms with E-state index in [9.17, 15) is 4.79 Å². The molecule has 98 valence electrons. The van der Waals surface area contributed by atoms with Crippen LogP contribution in [-0.4, -0.2) is 13.0 Å². The lowest BCUT2D eigenvalue weighted by Gasteiger charge is -2.10. The van der Waals surface area contributed by atoms with E-state index in [0.29, 0.717) is 22.7 Å². The van der Waals surface area contributed by atoms with Crippen LogP contribution in [0.4, 0.5) is 11.4 Å². The minimum Gasteiger partial charge on any atom is -0.495 e. The number of ether oxygens (including phenoxy) is 1. The van der Waals surface area contributed by atoms with Crippen LogP contribution in [0.25, 0.3) is 0 Å². The summed E-state index contributed by atoms with van der Waals surface area (Å²) in [7, 11) is 1.57. The summed E-state index contributed by atoms with van der Waals surface area (Å²) in [6.45, 7) is 1.90. The summed E-state index contributed by atoms with van der Waals surface area (Å²) in [5, 5.41) is 2.81. The Bertz CT molecular complexity index is 589. The molecule has 0 aliphatic rings. The maximum absolute atomic E-state index is 12.2. The number of carbonyl (C=O) groups excluding carboxylic acids is 1. The number of anilines is 2. The summed E-state index contributed by atoms with van der Waals surface area (Å²) in [6.07, 6.45) is 0. The van der Waals surface area contributed by atoms with Gasteiger partial charge in [0.2, 0.25) is 0 Å². The van der Waals surface area contributed by atoms with Crippen molar-refractivity contribution in [3.05, 3.63) is 53.6 Å². The van der Waals surface area contributed by atoms with Gasteiger partial charge in [-0.2, -0.15) is 0 Å². The van der Waals surface area contributed by atoms with Crippen molar-refractivity contribution >= 4 is 17.3 Å². The maximum atomic E-state index is 12.2. The van der Waals surface area contributed by atoms with Gasteiger partial charge >= 0.3 is 0 Å². The quantitative estimate of drug-likeness (QED) is 0.830. The average Bonchev–Trinajstić information content (AvgIpc) is 2.38. The Hall–Kier alpha value is -2.49. The zero-order valence-electron chi connectivity index (χ0n) is 10.9. The zero-order valence-corrected chi connectivity index (χ0v) is 10.9. The van der Waals surface area contributed by atoms with E-state index in [4.69, 9.17) is 10.5 Å². The molecule has 0 unspecified atom stereocenters.